The van der Waals surface area contributed by atoms with Crippen molar-refractivity contribution in [3.05, 3.63) is 18.4 Å². The van der Waals surface area contributed by atoms with Gasteiger partial charge < -0.3 is 10.2 Å². The van der Waals surface area contributed by atoms with Crippen molar-refractivity contribution in [2.75, 3.05) is 0 Å². The molecule has 2 unspecified atom stereocenters. The molecule has 0 aromatic carbocycles. The molecule has 13 heavy (non-hydrogen) atoms. The predicted molar refractivity (Wildman–Crippen MR) is 45.4 cm³/mol. The molecule has 1 aliphatic rings. The molecule has 1 aromatic rings. The first-order valence-corrected chi connectivity index (χ1v) is 5.39. The molecule has 1 aliphatic carbocycles. The largest absolute Gasteiger partial charge is 0.452 e. The first kappa shape index (κ1) is 8.74. The van der Waals surface area contributed by atoms with Gasteiger partial charge in [-0.3, -0.25) is 0 Å². The van der Waals surface area contributed by atoms with Crippen LogP contribution in [-0.2, 0) is 10.0 Å². The number of nitrogens with one attached hydrogen (secondary N) is 1. The van der Waals surface area contributed by atoms with Gasteiger partial charge in [-0.25, -0.2) is 13.1 Å². The molecule has 1 heterocycles. The minimum atomic E-state index is -3.48. The number of hydrogen-bond donors (Lipinski definition) is 2. The third-order valence-corrected chi connectivity index (χ3v) is 3.28. The number of sulfonamides is 1. The highest BCUT2D eigenvalue weighted by Gasteiger charge is 2.37. The van der Waals surface area contributed by atoms with Crippen LogP contribution in [0.25, 0.3) is 0 Å². The lowest BCUT2D eigenvalue weighted by Crippen LogP contribution is -2.29. The lowest BCUT2D eigenvalue weighted by Gasteiger charge is -2.00. The van der Waals surface area contributed by atoms with E-state index in [1.165, 1.54) is 18.4 Å². The van der Waals surface area contributed by atoms with Crippen LogP contribution in [0, 0.1) is 0 Å². The van der Waals surface area contributed by atoms with E-state index >= 15 is 0 Å². The van der Waals surface area contributed by atoms with Crippen molar-refractivity contribution in [1.82, 2.24) is 4.72 Å². The highest BCUT2D eigenvalue weighted by molar-refractivity contribution is 7.89. The van der Waals surface area contributed by atoms with Gasteiger partial charge in [0.2, 0.25) is 5.09 Å². The Kier molecular flexibility index (Phi) is 1.90. The van der Waals surface area contributed by atoms with Crippen molar-refractivity contribution in [1.29, 1.82) is 0 Å². The molecule has 1 fully saturated rings. The summed E-state index contributed by atoms with van der Waals surface area (Å²) in [7, 11) is -3.48. The first-order chi connectivity index (χ1) is 6.09. The molecule has 0 aliphatic heterocycles. The monoisotopic (exact) mass is 202 g/mol. The Bertz CT molecular complexity index is 384. The Morgan fingerprint density at radius 3 is 2.77 bits per heavy atom. The van der Waals surface area contributed by atoms with Crippen molar-refractivity contribution >= 4 is 10.0 Å². The van der Waals surface area contributed by atoms with Gasteiger partial charge in [0.25, 0.3) is 10.0 Å². The molecule has 5 nitrogen and oxygen atoms in total. The summed E-state index contributed by atoms with van der Waals surface area (Å²) >= 11 is 0. The maximum atomic E-state index is 11.4. The van der Waals surface area contributed by atoms with Crippen LogP contribution in [0.1, 0.15) is 6.42 Å². The maximum absolute atomic E-state index is 11.4. The fourth-order valence-electron chi connectivity index (χ4n) is 1.02. The van der Waals surface area contributed by atoms with E-state index in [4.69, 9.17) is 10.2 Å². The van der Waals surface area contributed by atoms with Crippen LogP contribution in [0.4, 0.5) is 0 Å². The average Bonchev–Trinajstić information content (AvgIpc) is 2.56. The van der Waals surface area contributed by atoms with Gasteiger partial charge in [0.15, 0.2) is 0 Å². The van der Waals surface area contributed by atoms with Crippen LogP contribution in [0.5, 0.6) is 0 Å². The molecular weight excluding hydrogens is 192 g/mol. The lowest BCUT2D eigenvalue weighted by atomic mass is 10.7. The third-order valence-electron chi connectivity index (χ3n) is 1.91. The van der Waals surface area contributed by atoms with Gasteiger partial charge in [-0.2, -0.15) is 0 Å². The SMILES string of the molecule is NC1CC1NS(=O)(=O)c1ccco1. The molecule has 3 N–H and O–H groups in total. The zero-order valence-electron chi connectivity index (χ0n) is 6.80. The summed E-state index contributed by atoms with van der Waals surface area (Å²) in [6, 6.07) is 2.75. The van der Waals surface area contributed by atoms with Gasteiger partial charge in [-0.05, 0) is 18.6 Å². The quantitative estimate of drug-likeness (QED) is 0.702. The normalized spacial score (nSPS) is 27.5. The summed E-state index contributed by atoms with van der Waals surface area (Å²) in [6.07, 6.45) is 2.02. The van der Waals surface area contributed by atoms with E-state index in [1.54, 1.807) is 0 Å². The number of rotatable bonds is 3. The molecule has 2 atom stereocenters. The summed E-state index contributed by atoms with van der Waals surface area (Å²) in [5, 5.41) is -0.0633. The van der Waals surface area contributed by atoms with E-state index in [9.17, 15) is 8.42 Å². The standard InChI is InChI=1S/C7H10N2O3S/c8-5-4-6(5)9-13(10,11)7-2-1-3-12-7/h1-3,5-6,9H,4,8H2. The van der Waals surface area contributed by atoms with Crippen molar-refractivity contribution in [2.45, 2.75) is 23.6 Å². The van der Waals surface area contributed by atoms with Crippen LogP contribution in [-0.4, -0.2) is 20.5 Å². The Labute approximate surface area is 76.0 Å². The Morgan fingerprint density at radius 1 is 1.62 bits per heavy atom. The molecular formula is C7H10N2O3S. The minimum Gasteiger partial charge on any atom is -0.452 e. The Balaban J connectivity index is 2.13. The van der Waals surface area contributed by atoms with Crippen LogP contribution < -0.4 is 10.5 Å². The molecule has 0 amide bonds. The summed E-state index contributed by atoms with van der Waals surface area (Å²) in [5.74, 6) is 0. The Morgan fingerprint density at radius 2 is 2.31 bits per heavy atom. The molecule has 1 saturated carbocycles. The summed E-state index contributed by atoms with van der Waals surface area (Å²) in [6.45, 7) is 0. The molecule has 2 rings (SSSR count). The van der Waals surface area contributed by atoms with E-state index in [-0.39, 0.29) is 17.2 Å². The smallest absolute Gasteiger partial charge is 0.274 e. The van der Waals surface area contributed by atoms with Gasteiger partial charge in [0.05, 0.1) is 6.26 Å². The van der Waals surface area contributed by atoms with Gasteiger partial charge in [-0.1, -0.05) is 0 Å². The van der Waals surface area contributed by atoms with Crippen molar-refractivity contribution in [2.24, 2.45) is 5.73 Å². The third kappa shape index (κ3) is 1.74. The van der Waals surface area contributed by atoms with E-state index in [1.807, 2.05) is 0 Å². The van der Waals surface area contributed by atoms with E-state index in [0.717, 1.165) is 0 Å². The first-order valence-electron chi connectivity index (χ1n) is 3.91. The second-order valence-corrected chi connectivity index (χ2v) is 4.70. The Hall–Kier alpha value is -0.850. The minimum absolute atomic E-state index is 0.0512. The van der Waals surface area contributed by atoms with Gasteiger partial charge >= 0.3 is 0 Å². The summed E-state index contributed by atoms with van der Waals surface area (Å²) in [4.78, 5) is 0. The highest BCUT2D eigenvalue weighted by atomic mass is 32.2. The van der Waals surface area contributed by atoms with Crippen molar-refractivity contribution in [3.63, 3.8) is 0 Å². The van der Waals surface area contributed by atoms with E-state index < -0.39 is 10.0 Å². The van der Waals surface area contributed by atoms with Crippen molar-refractivity contribution in [3.8, 4) is 0 Å². The summed E-state index contributed by atoms with van der Waals surface area (Å²) < 4.78 is 30.1. The molecule has 0 spiro atoms. The highest BCUT2D eigenvalue weighted by Crippen LogP contribution is 2.21. The van der Waals surface area contributed by atoms with Crippen LogP contribution in [0.2, 0.25) is 0 Å². The molecule has 0 radical (unpaired) electrons. The number of furan rings is 1. The van der Waals surface area contributed by atoms with Gasteiger partial charge in [-0.15, -0.1) is 0 Å². The van der Waals surface area contributed by atoms with Crippen LogP contribution >= 0.6 is 0 Å². The topological polar surface area (TPSA) is 85.3 Å². The lowest BCUT2D eigenvalue weighted by molar-refractivity contribution is 0.445. The van der Waals surface area contributed by atoms with Gasteiger partial charge in [0, 0.05) is 12.1 Å². The molecule has 1 aromatic heterocycles. The van der Waals surface area contributed by atoms with E-state index in [2.05, 4.69) is 4.72 Å². The summed E-state index contributed by atoms with van der Waals surface area (Å²) in [5.41, 5.74) is 5.47. The maximum Gasteiger partial charge on any atom is 0.274 e. The zero-order chi connectivity index (χ0) is 9.47. The average molecular weight is 202 g/mol. The molecule has 0 bridgehead atoms. The van der Waals surface area contributed by atoms with E-state index in [0.29, 0.717) is 6.42 Å². The fourth-order valence-corrected chi connectivity index (χ4v) is 2.25. The second-order valence-electron chi connectivity index (χ2n) is 3.06. The predicted octanol–water partition coefficient (Wildman–Crippen LogP) is -0.342. The molecule has 0 saturated heterocycles. The number of nitrogens with two attached hydrogens (primary N) is 1. The molecule has 72 valence electrons. The molecule has 6 heteroatoms. The van der Waals surface area contributed by atoms with Crippen molar-refractivity contribution < 1.29 is 12.8 Å². The van der Waals surface area contributed by atoms with Gasteiger partial charge in [0.1, 0.15) is 0 Å². The number of hydrogen-bond acceptors (Lipinski definition) is 4. The van der Waals surface area contributed by atoms with Crippen LogP contribution in [0.15, 0.2) is 27.9 Å². The van der Waals surface area contributed by atoms with Crippen LogP contribution in [0.3, 0.4) is 0 Å². The fraction of sp³-hybridized carbons (Fsp3) is 0.429. The zero-order valence-corrected chi connectivity index (χ0v) is 7.62. The second kappa shape index (κ2) is 2.83.